The van der Waals surface area contributed by atoms with Gasteiger partial charge >= 0.3 is 0 Å². The largest absolute Gasteiger partial charge is 0.497 e. The molecule has 2 rings (SSSR count). The molecule has 0 aliphatic rings. The van der Waals surface area contributed by atoms with Crippen LogP contribution in [0.15, 0.2) is 46.9 Å². The monoisotopic (exact) mass is 334 g/mol. The Hall–Kier alpha value is -1.68. The Morgan fingerprint density at radius 2 is 1.85 bits per heavy atom. The number of nitrogen functional groups attached to an aromatic ring is 1. The van der Waals surface area contributed by atoms with Crippen molar-refractivity contribution in [1.82, 2.24) is 0 Å². The van der Waals surface area contributed by atoms with E-state index in [4.69, 9.17) is 10.5 Å². The molecule has 2 N–H and O–H groups in total. The lowest BCUT2D eigenvalue weighted by atomic mass is 10.2. The van der Waals surface area contributed by atoms with Crippen LogP contribution in [0.2, 0.25) is 0 Å². The highest BCUT2D eigenvalue weighted by Gasteiger charge is 2.09. The van der Waals surface area contributed by atoms with Crippen molar-refractivity contribution in [3.8, 4) is 5.75 Å². The number of ether oxygens (including phenoxy) is 1. The summed E-state index contributed by atoms with van der Waals surface area (Å²) in [7, 11) is 1.69. The Bertz CT molecular complexity index is 569. The van der Waals surface area contributed by atoms with Crippen LogP contribution in [0.5, 0.6) is 5.75 Å². The van der Waals surface area contributed by atoms with Crippen molar-refractivity contribution in [2.75, 3.05) is 24.3 Å². The van der Waals surface area contributed by atoms with Crippen LogP contribution in [0.4, 0.5) is 11.4 Å². The Morgan fingerprint density at radius 1 is 1.15 bits per heavy atom. The molecule has 0 saturated carbocycles. The van der Waals surface area contributed by atoms with E-state index in [1.807, 2.05) is 36.4 Å². The van der Waals surface area contributed by atoms with Crippen molar-refractivity contribution in [2.45, 2.75) is 13.5 Å². The van der Waals surface area contributed by atoms with Gasteiger partial charge in [0.15, 0.2) is 0 Å². The molecular weight excluding hydrogens is 316 g/mol. The van der Waals surface area contributed by atoms with Crippen molar-refractivity contribution < 1.29 is 4.74 Å². The van der Waals surface area contributed by atoms with E-state index in [-0.39, 0.29) is 0 Å². The molecule has 0 bridgehead atoms. The van der Waals surface area contributed by atoms with Crippen LogP contribution in [0.1, 0.15) is 12.5 Å². The molecule has 0 heterocycles. The molecule has 2 aromatic carbocycles. The van der Waals surface area contributed by atoms with Gasteiger partial charge in [-0.05, 0) is 55.0 Å². The summed E-state index contributed by atoms with van der Waals surface area (Å²) < 4.78 is 6.38. The first-order chi connectivity index (χ1) is 9.63. The second kappa shape index (κ2) is 6.66. The van der Waals surface area contributed by atoms with Gasteiger partial charge in [-0.3, -0.25) is 0 Å². The van der Waals surface area contributed by atoms with E-state index in [0.29, 0.717) is 0 Å². The van der Waals surface area contributed by atoms with Crippen LogP contribution >= 0.6 is 15.9 Å². The van der Waals surface area contributed by atoms with Gasteiger partial charge in [-0.15, -0.1) is 0 Å². The predicted octanol–water partition coefficient (Wildman–Crippen LogP) is 4.07. The Morgan fingerprint density at radius 3 is 2.45 bits per heavy atom. The van der Waals surface area contributed by atoms with E-state index in [0.717, 1.165) is 34.7 Å². The van der Waals surface area contributed by atoms with Crippen molar-refractivity contribution in [3.05, 3.63) is 52.5 Å². The zero-order valence-electron chi connectivity index (χ0n) is 11.8. The number of nitrogens with two attached hydrogens (primary N) is 1. The summed E-state index contributed by atoms with van der Waals surface area (Å²) in [5.41, 5.74) is 8.89. The van der Waals surface area contributed by atoms with Gasteiger partial charge in [0.25, 0.3) is 0 Å². The maximum atomic E-state index is 5.74. The van der Waals surface area contributed by atoms with Gasteiger partial charge in [0, 0.05) is 28.9 Å². The summed E-state index contributed by atoms with van der Waals surface area (Å²) in [6.45, 7) is 3.89. The zero-order chi connectivity index (χ0) is 14.5. The molecule has 0 atom stereocenters. The average molecular weight is 335 g/mol. The normalized spacial score (nSPS) is 10.3. The summed E-state index contributed by atoms with van der Waals surface area (Å²) >= 11 is 3.60. The number of halogens is 1. The van der Waals surface area contributed by atoms with Gasteiger partial charge in [-0.25, -0.2) is 0 Å². The zero-order valence-corrected chi connectivity index (χ0v) is 13.4. The van der Waals surface area contributed by atoms with Gasteiger partial charge in [0.05, 0.1) is 7.11 Å². The molecule has 3 nitrogen and oxygen atoms in total. The highest BCUT2D eigenvalue weighted by atomic mass is 79.9. The van der Waals surface area contributed by atoms with Crippen LogP contribution in [-0.4, -0.2) is 13.7 Å². The van der Waals surface area contributed by atoms with Crippen molar-refractivity contribution in [3.63, 3.8) is 0 Å². The minimum atomic E-state index is 0.785. The van der Waals surface area contributed by atoms with E-state index < -0.39 is 0 Å². The lowest BCUT2D eigenvalue weighted by molar-refractivity contribution is 0.414. The van der Waals surface area contributed by atoms with E-state index in [9.17, 15) is 0 Å². The number of rotatable bonds is 5. The predicted molar refractivity (Wildman–Crippen MR) is 88.3 cm³/mol. The molecular formula is C16H19BrN2O. The molecule has 0 aliphatic carbocycles. The average Bonchev–Trinajstić information content (AvgIpc) is 2.47. The molecule has 0 spiro atoms. The molecule has 0 radical (unpaired) electrons. The maximum absolute atomic E-state index is 5.74. The third kappa shape index (κ3) is 3.45. The van der Waals surface area contributed by atoms with E-state index in [2.05, 4.69) is 33.8 Å². The molecule has 0 fully saturated rings. The van der Waals surface area contributed by atoms with E-state index in [1.54, 1.807) is 7.11 Å². The number of nitrogens with zero attached hydrogens (tertiary/aromatic N) is 1. The van der Waals surface area contributed by atoms with Crippen LogP contribution in [-0.2, 0) is 6.54 Å². The van der Waals surface area contributed by atoms with Crippen LogP contribution in [0, 0.1) is 0 Å². The molecule has 20 heavy (non-hydrogen) atoms. The first kappa shape index (κ1) is 14.7. The van der Waals surface area contributed by atoms with E-state index >= 15 is 0 Å². The first-order valence-electron chi connectivity index (χ1n) is 6.57. The summed E-state index contributed by atoms with van der Waals surface area (Å²) in [4.78, 5) is 2.29. The number of methoxy groups -OCH3 is 1. The fourth-order valence-electron chi connectivity index (χ4n) is 2.08. The first-order valence-corrected chi connectivity index (χ1v) is 7.36. The second-order valence-electron chi connectivity index (χ2n) is 4.56. The molecule has 0 amide bonds. The lowest BCUT2D eigenvalue weighted by Crippen LogP contribution is -2.22. The quantitative estimate of drug-likeness (QED) is 0.837. The summed E-state index contributed by atoms with van der Waals surface area (Å²) in [6.07, 6.45) is 0. The lowest BCUT2D eigenvalue weighted by Gasteiger charge is -2.24. The molecule has 0 aliphatic heterocycles. The van der Waals surface area contributed by atoms with Crippen LogP contribution in [0.3, 0.4) is 0 Å². The topological polar surface area (TPSA) is 38.5 Å². The number of hydrogen-bond acceptors (Lipinski definition) is 3. The standard InChI is InChI=1S/C16H19BrN2O/c1-3-19(14-6-4-13(18)5-7-14)11-12-10-15(20-2)8-9-16(12)17/h4-10H,3,11,18H2,1-2H3. The van der Waals surface area contributed by atoms with Gasteiger partial charge in [0.1, 0.15) is 5.75 Å². The number of hydrogen-bond donors (Lipinski definition) is 1. The summed E-state index contributed by atoms with van der Waals surface area (Å²) in [5, 5.41) is 0. The van der Waals surface area contributed by atoms with Crippen molar-refractivity contribution in [2.24, 2.45) is 0 Å². The number of benzene rings is 2. The Kier molecular flexibility index (Phi) is 4.90. The molecule has 106 valence electrons. The molecule has 4 heteroatoms. The third-order valence-corrected chi connectivity index (χ3v) is 4.03. The molecule has 2 aromatic rings. The van der Waals surface area contributed by atoms with Gasteiger partial charge in [0.2, 0.25) is 0 Å². The van der Waals surface area contributed by atoms with Gasteiger partial charge in [-0.2, -0.15) is 0 Å². The number of anilines is 2. The minimum Gasteiger partial charge on any atom is -0.497 e. The minimum absolute atomic E-state index is 0.785. The summed E-state index contributed by atoms with van der Waals surface area (Å²) in [6, 6.07) is 14.0. The highest BCUT2D eigenvalue weighted by molar-refractivity contribution is 9.10. The SMILES string of the molecule is CCN(Cc1cc(OC)ccc1Br)c1ccc(N)cc1. The second-order valence-corrected chi connectivity index (χ2v) is 5.42. The van der Waals surface area contributed by atoms with Gasteiger partial charge in [-0.1, -0.05) is 15.9 Å². The van der Waals surface area contributed by atoms with Crippen molar-refractivity contribution in [1.29, 1.82) is 0 Å². The smallest absolute Gasteiger partial charge is 0.119 e. The van der Waals surface area contributed by atoms with Gasteiger partial charge < -0.3 is 15.4 Å². The van der Waals surface area contributed by atoms with Crippen molar-refractivity contribution >= 4 is 27.3 Å². The Balaban J connectivity index is 2.23. The van der Waals surface area contributed by atoms with Crippen LogP contribution in [0.25, 0.3) is 0 Å². The molecule has 0 aromatic heterocycles. The third-order valence-electron chi connectivity index (χ3n) is 3.25. The fourth-order valence-corrected chi connectivity index (χ4v) is 2.45. The summed E-state index contributed by atoms with van der Waals surface area (Å²) in [5.74, 6) is 0.872. The van der Waals surface area contributed by atoms with Crippen LogP contribution < -0.4 is 15.4 Å². The highest BCUT2D eigenvalue weighted by Crippen LogP contribution is 2.26. The van der Waals surface area contributed by atoms with E-state index in [1.165, 1.54) is 5.56 Å². The Labute approximate surface area is 128 Å². The fraction of sp³-hybridized carbons (Fsp3) is 0.250. The molecule has 0 unspecified atom stereocenters. The maximum Gasteiger partial charge on any atom is 0.119 e. The molecule has 0 saturated heterocycles.